The van der Waals surface area contributed by atoms with E-state index in [1.807, 2.05) is 0 Å². The molecule has 2 rings (SSSR count). The normalized spacial score (nSPS) is 15.0. The van der Waals surface area contributed by atoms with Crippen molar-refractivity contribution in [2.24, 2.45) is 5.73 Å². The number of benzene rings is 1. The monoisotopic (exact) mass is 278 g/mol. The molecule has 0 radical (unpaired) electrons. The first-order valence-corrected chi connectivity index (χ1v) is 6.28. The number of primary amides is 1. The van der Waals surface area contributed by atoms with Crippen LogP contribution in [0.15, 0.2) is 18.2 Å². The number of hydrogen-bond acceptors (Lipinski definition) is 5. The number of non-ortho nitro benzene ring substituents is 1. The Balaban J connectivity index is 2.27. The van der Waals surface area contributed by atoms with Crippen molar-refractivity contribution in [3.63, 3.8) is 0 Å². The van der Waals surface area contributed by atoms with Gasteiger partial charge in [0.15, 0.2) is 0 Å². The van der Waals surface area contributed by atoms with Crippen molar-refractivity contribution >= 4 is 17.6 Å². The number of carbonyl (C=O) groups is 2. The minimum absolute atomic E-state index is 0.0324. The number of nitrogens with zero attached hydrogens (tertiary/aromatic N) is 1. The summed E-state index contributed by atoms with van der Waals surface area (Å²) < 4.78 is 5.27. The number of hydrogen-bond donors (Lipinski definition) is 1. The molecule has 0 aromatic heterocycles. The minimum atomic E-state index is -0.896. The predicted octanol–water partition coefficient (Wildman–Crippen LogP) is 1.79. The molecule has 1 amide bonds. The Morgan fingerprint density at radius 1 is 1.25 bits per heavy atom. The zero-order valence-electron chi connectivity index (χ0n) is 10.7. The van der Waals surface area contributed by atoms with Crippen LogP contribution in [-0.4, -0.2) is 22.9 Å². The molecule has 1 aliphatic rings. The third-order valence-electron chi connectivity index (χ3n) is 3.28. The third-order valence-corrected chi connectivity index (χ3v) is 3.28. The summed E-state index contributed by atoms with van der Waals surface area (Å²) in [6.07, 6.45) is 3.44. The van der Waals surface area contributed by atoms with Crippen LogP contribution in [-0.2, 0) is 4.74 Å². The van der Waals surface area contributed by atoms with E-state index < -0.39 is 16.8 Å². The van der Waals surface area contributed by atoms with Gasteiger partial charge < -0.3 is 10.5 Å². The molecule has 0 atom stereocenters. The average Bonchev–Trinajstić information content (AvgIpc) is 2.90. The summed E-state index contributed by atoms with van der Waals surface area (Å²) in [5.74, 6) is -1.56. The van der Waals surface area contributed by atoms with Gasteiger partial charge >= 0.3 is 5.97 Å². The van der Waals surface area contributed by atoms with Crippen LogP contribution < -0.4 is 5.73 Å². The predicted molar refractivity (Wildman–Crippen MR) is 69.3 cm³/mol. The van der Waals surface area contributed by atoms with Gasteiger partial charge in [-0.3, -0.25) is 14.9 Å². The van der Waals surface area contributed by atoms with E-state index in [0.717, 1.165) is 37.8 Å². The average molecular weight is 278 g/mol. The third kappa shape index (κ3) is 2.93. The summed E-state index contributed by atoms with van der Waals surface area (Å²) in [4.78, 5) is 33.4. The van der Waals surface area contributed by atoms with Crippen molar-refractivity contribution in [1.82, 2.24) is 0 Å². The van der Waals surface area contributed by atoms with Crippen LogP contribution in [0.2, 0.25) is 0 Å². The van der Waals surface area contributed by atoms with Crippen LogP contribution in [0.3, 0.4) is 0 Å². The lowest BCUT2D eigenvalue weighted by Crippen LogP contribution is -2.20. The summed E-state index contributed by atoms with van der Waals surface area (Å²) in [6.45, 7) is 0. The van der Waals surface area contributed by atoms with E-state index in [4.69, 9.17) is 10.5 Å². The Morgan fingerprint density at radius 3 is 2.45 bits per heavy atom. The van der Waals surface area contributed by atoms with Crippen molar-refractivity contribution in [3.8, 4) is 0 Å². The molecule has 106 valence electrons. The number of nitrogens with two attached hydrogens (primary N) is 1. The minimum Gasteiger partial charge on any atom is -0.459 e. The molecule has 1 aromatic rings. The maximum Gasteiger partial charge on any atom is 0.339 e. The zero-order valence-corrected chi connectivity index (χ0v) is 10.7. The molecule has 1 saturated carbocycles. The van der Waals surface area contributed by atoms with E-state index in [2.05, 4.69) is 0 Å². The van der Waals surface area contributed by atoms with Crippen LogP contribution in [0.25, 0.3) is 0 Å². The number of ether oxygens (including phenoxy) is 1. The topological polar surface area (TPSA) is 113 Å². The quantitative estimate of drug-likeness (QED) is 0.512. The lowest BCUT2D eigenvalue weighted by atomic mass is 10.1. The van der Waals surface area contributed by atoms with Gasteiger partial charge in [-0.15, -0.1) is 0 Å². The summed E-state index contributed by atoms with van der Waals surface area (Å²) in [7, 11) is 0. The number of esters is 1. The van der Waals surface area contributed by atoms with Crippen molar-refractivity contribution in [1.29, 1.82) is 0 Å². The van der Waals surface area contributed by atoms with E-state index in [9.17, 15) is 19.7 Å². The molecular weight excluding hydrogens is 264 g/mol. The van der Waals surface area contributed by atoms with Crippen LogP contribution in [0, 0.1) is 10.1 Å². The number of nitro benzene ring substituents is 1. The Morgan fingerprint density at radius 2 is 1.90 bits per heavy atom. The summed E-state index contributed by atoms with van der Waals surface area (Å²) >= 11 is 0. The molecule has 0 spiro atoms. The van der Waals surface area contributed by atoms with Crippen LogP contribution in [0.4, 0.5) is 5.69 Å². The molecule has 0 saturated heterocycles. The van der Waals surface area contributed by atoms with Gasteiger partial charge in [-0.05, 0) is 31.7 Å². The van der Waals surface area contributed by atoms with E-state index in [1.54, 1.807) is 0 Å². The fourth-order valence-corrected chi connectivity index (χ4v) is 2.25. The molecule has 1 fully saturated rings. The number of rotatable bonds is 4. The molecule has 7 nitrogen and oxygen atoms in total. The Labute approximate surface area is 114 Å². The highest BCUT2D eigenvalue weighted by atomic mass is 16.6. The Hall–Kier alpha value is -2.44. The molecule has 0 aliphatic heterocycles. The van der Waals surface area contributed by atoms with Gasteiger partial charge in [-0.2, -0.15) is 0 Å². The maximum absolute atomic E-state index is 12.0. The van der Waals surface area contributed by atoms with Crippen LogP contribution in [0.5, 0.6) is 0 Å². The summed E-state index contributed by atoms with van der Waals surface area (Å²) in [5.41, 5.74) is 4.64. The summed E-state index contributed by atoms with van der Waals surface area (Å²) in [6, 6.07) is 3.35. The first-order chi connectivity index (χ1) is 9.49. The van der Waals surface area contributed by atoms with Gasteiger partial charge in [-0.1, -0.05) is 0 Å². The maximum atomic E-state index is 12.0. The molecule has 0 bridgehead atoms. The Bertz CT molecular complexity index is 564. The fourth-order valence-electron chi connectivity index (χ4n) is 2.25. The number of nitro groups is 1. The van der Waals surface area contributed by atoms with E-state index >= 15 is 0 Å². The molecule has 1 aliphatic carbocycles. The van der Waals surface area contributed by atoms with Gasteiger partial charge in [0.1, 0.15) is 6.10 Å². The van der Waals surface area contributed by atoms with Crippen LogP contribution >= 0.6 is 0 Å². The van der Waals surface area contributed by atoms with Crippen molar-refractivity contribution in [2.45, 2.75) is 31.8 Å². The largest absolute Gasteiger partial charge is 0.459 e. The lowest BCUT2D eigenvalue weighted by Gasteiger charge is -2.12. The van der Waals surface area contributed by atoms with Crippen molar-refractivity contribution in [2.75, 3.05) is 0 Å². The van der Waals surface area contributed by atoms with E-state index in [-0.39, 0.29) is 22.9 Å². The van der Waals surface area contributed by atoms with Gasteiger partial charge in [-0.25, -0.2) is 4.79 Å². The standard InChI is InChI=1S/C13H14N2O5/c14-12(16)11-7-8(15(18)19)5-6-10(11)13(17)20-9-3-1-2-4-9/h5-7,9H,1-4H2,(H2,14,16). The smallest absolute Gasteiger partial charge is 0.339 e. The van der Waals surface area contributed by atoms with E-state index in [1.165, 1.54) is 6.07 Å². The number of amides is 1. The molecule has 7 heteroatoms. The second kappa shape index (κ2) is 5.68. The molecular formula is C13H14N2O5. The van der Waals surface area contributed by atoms with Gasteiger partial charge in [0.2, 0.25) is 5.91 Å². The second-order valence-corrected chi connectivity index (χ2v) is 4.66. The van der Waals surface area contributed by atoms with Gasteiger partial charge in [0.05, 0.1) is 16.1 Å². The van der Waals surface area contributed by atoms with Gasteiger partial charge in [0.25, 0.3) is 5.69 Å². The summed E-state index contributed by atoms with van der Waals surface area (Å²) in [5, 5.41) is 10.7. The highest BCUT2D eigenvalue weighted by Crippen LogP contribution is 2.24. The molecule has 0 unspecified atom stereocenters. The first-order valence-electron chi connectivity index (χ1n) is 6.28. The molecule has 1 aromatic carbocycles. The second-order valence-electron chi connectivity index (χ2n) is 4.66. The van der Waals surface area contributed by atoms with Crippen molar-refractivity contribution in [3.05, 3.63) is 39.4 Å². The van der Waals surface area contributed by atoms with Gasteiger partial charge in [0, 0.05) is 12.1 Å². The van der Waals surface area contributed by atoms with Crippen molar-refractivity contribution < 1.29 is 19.2 Å². The first kappa shape index (κ1) is 14.0. The van der Waals surface area contributed by atoms with E-state index in [0.29, 0.717) is 0 Å². The Kier molecular flexibility index (Phi) is 3.97. The molecule has 0 heterocycles. The zero-order chi connectivity index (χ0) is 14.7. The highest BCUT2D eigenvalue weighted by Gasteiger charge is 2.24. The number of carbonyl (C=O) groups excluding carboxylic acids is 2. The molecule has 2 N–H and O–H groups in total. The fraction of sp³-hybridized carbons (Fsp3) is 0.385. The highest BCUT2D eigenvalue weighted by molar-refractivity contribution is 6.05. The molecule has 20 heavy (non-hydrogen) atoms. The SMILES string of the molecule is NC(=O)c1cc([N+](=O)[O-])ccc1C(=O)OC1CCCC1. The van der Waals surface area contributed by atoms with Crippen LogP contribution in [0.1, 0.15) is 46.4 Å². The lowest BCUT2D eigenvalue weighted by molar-refractivity contribution is -0.384.